The predicted octanol–water partition coefficient (Wildman–Crippen LogP) is 3.75. The van der Waals surface area contributed by atoms with Crippen molar-refractivity contribution >= 4 is 11.6 Å². The summed E-state index contributed by atoms with van der Waals surface area (Å²) in [7, 11) is 0. The van der Waals surface area contributed by atoms with Crippen molar-refractivity contribution in [2.75, 3.05) is 0 Å². The predicted molar refractivity (Wildman–Crippen MR) is 54.0 cm³/mol. The maximum absolute atomic E-state index is 12.4. The highest BCUT2D eigenvalue weighted by Gasteiger charge is 2.33. The molecular formula is C10H6ClF3N2. The largest absolute Gasteiger partial charge is 0.417 e. The maximum Gasteiger partial charge on any atom is 0.417 e. The molecule has 0 radical (unpaired) electrons. The van der Waals surface area contributed by atoms with Crippen LogP contribution in [0.15, 0.2) is 30.6 Å². The Bertz CT molecular complexity index is 491. The van der Waals surface area contributed by atoms with E-state index in [0.717, 1.165) is 6.07 Å². The van der Waals surface area contributed by atoms with Crippen molar-refractivity contribution in [2.45, 2.75) is 6.18 Å². The van der Waals surface area contributed by atoms with Crippen LogP contribution in [0.3, 0.4) is 0 Å². The van der Waals surface area contributed by atoms with Crippen molar-refractivity contribution in [3.05, 3.63) is 41.2 Å². The molecule has 0 amide bonds. The van der Waals surface area contributed by atoms with Crippen LogP contribution in [0.5, 0.6) is 0 Å². The fourth-order valence-corrected chi connectivity index (χ4v) is 1.62. The van der Waals surface area contributed by atoms with E-state index in [1.807, 2.05) is 0 Å². The van der Waals surface area contributed by atoms with Crippen LogP contribution in [0.1, 0.15) is 5.56 Å². The summed E-state index contributed by atoms with van der Waals surface area (Å²) in [5.74, 6) is 0. The van der Waals surface area contributed by atoms with Gasteiger partial charge in [-0.1, -0.05) is 17.7 Å². The molecule has 2 rings (SSSR count). The first kappa shape index (κ1) is 11.0. The lowest BCUT2D eigenvalue weighted by Gasteiger charge is -2.09. The lowest BCUT2D eigenvalue weighted by atomic mass is 10.1. The molecule has 0 spiro atoms. The van der Waals surface area contributed by atoms with Gasteiger partial charge in [0.05, 0.1) is 16.8 Å². The summed E-state index contributed by atoms with van der Waals surface area (Å²) in [5.41, 5.74) is 0.448. The van der Waals surface area contributed by atoms with E-state index < -0.39 is 11.7 Å². The summed E-state index contributed by atoms with van der Waals surface area (Å²) in [6.45, 7) is 0. The minimum Gasteiger partial charge on any atom is -0.285 e. The van der Waals surface area contributed by atoms with E-state index in [1.54, 1.807) is 6.20 Å². The Morgan fingerprint density at radius 3 is 2.44 bits per heavy atom. The fourth-order valence-electron chi connectivity index (χ4n) is 1.33. The van der Waals surface area contributed by atoms with Crippen molar-refractivity contribution in [2.24, 2.45) is 0 Å². The van der Waals surface area contributed by atoms with Gasteiger partial charge in [0.2, 0.25) is 0 Å². The van der Waals surface area contributed by atoms with E-state index in [2.05, 4.69) is 10.2 Å². The number of aromatic amines is 1. The van der Waals surface area contributed by atoms with Crippen LogP contribution in [0.2, 0.25) is 5.02 Å². The van der Waals surface area contributed by atoms with E-state index in [1.165, 1.54) is 18.3 Å². The van der Waals surface area contributed by atoms with Crippen molar-refractivity contribution < 1.29 is 13.2 Å². The third-order valence-electron chi connectivity index (χ3n) is 2.11. The van der Waals surface area contributed by atoms with Gasteiger partial charge in [0.1, 0.15) is 0 Å². The van der Waals surface area contributed by atoms with Gasteiger partial charge in [0.15, 0.2) is 0 Å². The van der Waals surface area contributed by atoms with Crippen LogP contribution in [-0.4, -0.2) is 10.2 Å². The number of rotatable bonds is 1. The molecule has 2 nitrogen and oxygen atoms in total. The van der Waals surface area contributed by atoms with Crippen LogP contribution in [-0.2, 0) is 6.18 Å². The average Bonchev–Trinajstić information content (AvgIpc) is 2.68. The number of benzene rings is 1. The minimum absolute atomic E-state index is 0.314. The van der Waals surface area contributed by atoms with E-state index in [4.69, 9.17) is 11.6 Å². The number of aromatic nitrogens is 2. The van der Waals surface area contributed by atoms with Crippen LogP contribution in [0.25, 0.3) is 11.1 Å². The van der Waals surface area contributed by atoms with Gasteiger partial charge in [-0.2, -0.15) is 18.3 Å². The van der Waals surface area contributed by atoms with E-state index in [9.17, 15) is 13.2 Å². The quantitative estimate of drug-likeness (QED) is 0.816. The third kappa shape index (κ3) is 2.04. The Morgan fingerprint density at radius 1 is 1.19 bits per heavy atom. The number of nitrogens with zero attached hydrogens (tertiary/aromatic N) is 1. The molecule has 0 atom stereocenters. The minimum atomic E-state index is -4.42. The molecule has 0 aliphatic rings. The van der Waals surface area contributed by atoms with Gasteiger partial charge in [-0.05, 0) is 17.7 Å². The Hall–Kier alpha value is -1.49. The molecule has 1 aromatic heterocycles. The highest BCUT2D eigenvalue weighted by atomic mass is 35.5. The first-order chi connectivity index (χ1) is 7.48. The molecule has 0 saturated carbocycles. The van der Waals surface area contributed by atoms with Gasteiger partial charge in [-0.25, -0.2) is 0 Å². The monoisotopic (exact) mass is 246 g/mol. The molecule has 6 heteroatoms. The Kier molecular flexibility index (Phi) is 2.63. The second-order valence-electron chi connectivity index (χ2n) is 3.18. The number of H-pyrrole nitrogens is 1. The van der Waals surface area contributed by atoms with E-state index >= 15 is 0 Å². The zero-order chi connectivity index (χ0) is 11.8. The first-order valence-corrected chi connectivity index (χ1v) is 4.72. The highest BCUT2D eigenvalue weighted by Crippen LogP contribution is 2.36. The van der Waals surface area contributed by atoms with Gasteiger partial charge in [-0.15, -0.1) is 0 Å². The van der Waals surface area contributed by atoms with Gasteiger partial charge in [0.25, 0.3) is 0 Å². The molecular weight excluding hydrogens is 241 g/mol. The maximum atomic E-state index is 12.4. The zero-order valence-electron chi connectivity index (χ0n) is 7.85. The molecule has 84 valence electrons. The van der Waals surface area contributed by atoms with Gasteiger partial charge in [-0.3, -0.25) is 5.10 Å². The van der Waals surface area contributed by atoms with Gasteiger partial charge < -0.3 is 0 Å². The van der Waals surface area contributed by atoms with Crippen LogP contribution >= 0.6 is 11.6 Å². The van der Waals surface area contributed by atoms with Crippen LogP contribution < -0.4 is 0 Å². The molecule has 1 N–H and O–H groups in total. The number of hydrogen-bond acceptors (Lipinski definition) is 1. The molecule has 1 aromatic carbocycles. The summed E-state index contributed by atoms with van der Waals surface area (Å²) in [4.78, 5) is 0. The molecule has 0 aliphatic carbocycles. The fraction of sp³-hybridized carbons (Fsp3) is 0.100. The number of alkyl halides is 3. The molecule has 0 fully saturated rings. The Balaban J connectivity index is 2.45. The van der Waals surface area contributed by atoms with Crippen molar-refractivity contribution in [3.63, 3.8) is 0 Å². The van der Waals surface area contributed by atoms with Crippen LogP contribution in [0.4, 0.5) is 13.2 Å². The second kappa shape index (κ2) is 3.83. The second-order valence-corrected chi connectivity index (χ2v) is 3.59. The Labute approximate surface area is 94.1 Å². The summed E-state index contributed by atoms with van der Waals surface area (Å²) in [6, 6.07) is 3.60. The zero-order valence-corrected chi connectivity index (χ0v) is 8.60. The molecule has 1 heterocycles. The average molecular weight is 247 g/mol. The van der Waals surface area contributed by atoms with Gasteiger partial charge in [0, 0.05) is 11.8 Å². The Morgan fingerprint density at radius 2 is 1.94 bits per heavy atom. The van der Waals surface area contributed by atoms with E-state index in [0.29, 0.717) is 11.1 Å². The standard InChI is InChI=1S/C10H6ClF3N2/c11-9-3-6(7-4-15-16-5-7)1-2-8(9)10(12,13)14/h1-5H,(H,15,16). The van der Waals surface area contributed by atoms with Crippen LogP contribution in [0, 0.1) is 0 Å². The van der Waals surface area contributed by atoms with Crippen molar-refractivity contribution in [1.29, 1.82) is 0 Å². The molecule has 2 aromatic rings. The topological polar surface area (TPSA) is 28.7 Å². The normalized spacial score (nSPS) is 11.8. The molecule has 16 heavy (non-hydrogen) atoms. The van der Waals surface area contributed by atoms with Crippen molar-refractivity contribution in [1.82, 2.24) is 10.2 Å². The summed E-state index contributed by atoms with van der Waals surface area (Å²) in [6.07, 6.45) is -1.33. The number of nitrogens with one attached hydrogen (secondary N) is 1. The summed E-state index contributed by atoms with van der Waals surface area (Å²) in [5, 5.41) is 5.97. The van der Waals surface area contributed by atoms with Crippen molar-refractivity contribution in [3.8, 4) is 11.1 Å². The molecule has 0 saturated heterocycles. The highest BCUT2D eigenvalue weighted by molar-refractivity contribution is 6.31. The smallest absolute Gasteiger partial charge is 0.285 e. The first-order valence-electron chi connectivity index (χ1n) is 4.34. The third-order valence-corrected chi connectivity index (χ3v) is 2.42. The lowest BCUT2D eigenvalue weighted by molar-refractivity contribution is -0.137. The van der Waals surface area contributed by atoms with Gasteiger partial charge >= 0.3 is 6.18 Å². The molecule has 0 unspecified atom stereocenters. The van der Waals surface area contributed by atoms with E-state index in [-0.39, 0.29) is 5.02 Å². The SMILES string of the molecule is FC(F)(F)c1ccc(-c2cn[nH]c2)cc1Cl. The number of halogens is 4. The number of hydrogen-bond donors (Lipinski definition) is 1. The summed E-state index contributed by atoms with van der Waals surface area (Å²) < 4.78 is 37.3. The lowest BCUT2D eigenvalue weighted by Crippen LogP contribution is -2.05. The molecule has 0 aliphatic heterocycles. The summed E-state index contributed by atoms with van der Waals surface area (Å²) >= 11 is 5.58. The molecule has 0 bridgehead atoms.